The van der Waals surface area contributed by atoms with Gasteiger partial charge in [-0.3, -0.25) is 9.13 Å². The molecule has 0 aromatic rings. The third kappa shape index (κ3) is 5.41. The lowest BCUT2D eigenvalue weighted by Crippen LogP contribution is -2.32. The molecule has 0 amide bonds. The van der Waals surface area contributed by atoms with Crippen LogP contribution in [0.5, 0.6) is 0 Å². The topological polar surface area (TPSA) is 127 Å². The summed E-state index contributed by atoms with van der Waals surface area (Å²) in [7, 11) is -9.54. The van der Waals surface area contributed by atoms with E-state index in [9.17, 15) is 9.13 Å². The van der Waals surface area contributed by atoms with Crippen LogP contribution in [-0.4, -0.2) is 49.1 Å². The summed E-state index contributed by atoms with van der Waals surface area (Å²) < 4.78 is 22.0. The summed E-state index contributed by atoms with van der Waals surface area (Å²) >= 11 is 1.21. The van der Waals surface area contributed by atoms with Crippen molar-refractivity contribution in [3.63, 3.8) is 0 Å². The molecule has 1 atom stereocenters. The second-order valence-electron chi connectivity index (χ2n) is 3.96. The molecular weight excluding hydrogens is 288 g/mol. The molecule has 5 N–H and O–H groups in total. The van der Waals surface area contributed by atoms with E-state index in [1.807, 2.05) is 0 Å². The van der Waals surface area contributed by atoms with Crippen molar-refractivity contribution in [3.8, 4) is 0 Å². The normalized spacial score (nSPS) is 23.0. The summed E-state index contributed by atoms with van der Waals surface area (Å²) in [5.41, 5.74) is 0. The molecule has 1 aliphatic heterocycles. The molecule has 1 saturated heterocycles. The van der Waals surface area contributed by atoms with Gasteiger partial charge in [0.15, 0.2) is 5.40 Å². The van der Waals surface area contributed by atoms with Gasteiger partial charge in [0.2, 0.25) is 0 Å². The molecule has 17 heavy (non-hydrogen) atoms. The Morgan fingerprint density at radius 1 is 1.24 bits per heavy atom. The maximum Gasteiger partial charge on any atom is 0.341 e. The lowest BCUT2D eigenvalue weighted by Gasteiger charge is -2.25. The highest BCUT2D eigenvalue weighted by Gasteiger charge is 2.43. The van der Waals surface area contributed by atoms with Crippen LogP contribution in [0.4, 0.5) is 0 Å². The van der Waals surface area contributed by atoms with E-state index in [1.54, 1.807) is 0 Å². The van der Waals surface area contributed by atoms with E-state index in [2.05, 4.69) is 5.32 Å². The molecule has 0 aromatic carbocycles. The van der Waals surface area contributed by atoms with Gasteiger partial charge in [0.05, 0.1) is 0 Å². The van der Waals surface area contributed by atoms with E-state index in [1.165, 1.54) is 11.8 Å². The fourth-order valence-electron chi connectivity index (χ4n) is 1.57. The molecule has 0 spiro atoms. The van der Waals surface area contributed by atoms with E-state index in [-0.39, 0.29) is 11.0 Å². The zero-order valence-electron chi connectivity index (χ0n) is 9.10. The lowest BCUT2D eigenvalue weighted by molar-refractivity contribution is 0.343. The van der Waals surface area contributed by atoms with E-state index in [0.717, 1.165) is 19.4 Å². The zero-order valence-corrected chi connectivity index (χ0v) is 11.7. The second kappa shape index (κ2) is 6.17. The van der Waals surface area contributed by atoms with Crippen molar-refractivity contribution in [1.82, 2.24) is 5.32 Å². The van der Waals surface area contributed by atoms with Crippen LogP contribution < -0.4 is 5.32 Å². The standard InChI is InChI=1S/C7H17NO6P2S/c9-15(10,11)7(16(12,13)14)5-17-6-2-1-3-8-4-6/h6-8H,1-5H2,(H2,9,10,11)(H2,12,13,14). The minimum absolute atomic E-state index is 0.157. The summed E-state index contributed by atoms with van der Waals surface area (Å²) in [4.78, 5) is 35.7. The highest BCUT2D eigenvalue weighted by Crippen LogP contribution is 2.60. The van der Waals surface area contributed by atoms with Crippen molar-refractivity contribution in [3.05, 3.63) is 0 Å². The first-order valence-electron chi connectivity index (χ1n) is 5.14. The number of hydrogen-bond donors (Lipinski definition) is 5. The Labute approximate surface area is 104 Å². The van der Waals surface area contributed by atoms with Crippen LogP contribution in [0.15, 0.2) is 0 Å². The summed E-state index contributed by atoms with van der Waals surface area (Å²) in [6, 6.07) is 0. The predicted octanol–water partition coefficient (Wildman–Crippen LogP) is 0.153. The summed E-state index contributed by atoms with van der Waals surface area (Å²) in [6.45, 7) is 1.62. The van der Waals surface area contributed by atoms with Crippen molar-refractivity contribution in [2.24, 2.45) is 0 Å². The number of piperidine rings is 1. The first-order valence-corrected chi connectivity index (χ1v) is 9.55. The summed E-state index contributed by atoms with van der Waals surface area (Å²) in [6.07, 6.45) is 1.86. The fourth-order valence-corrected chi connectivity index (χ4v) is 6.23. The third-order valence-corrected chi connectivity index (χ3v) is 8.13. The number of rotatable bonds is 5. The van der Waals surface area contributed by atoms with E-state index >= 15 is 0 Å². The van der Waals surface area contributed by atoms with Gasteiger partial charge in [-0.2, -0.15) is 11.8 Å². The maximum absolute atomic E-state index is 11.0. The van der Waals surface area contributed by atoms with Crippen LogP contribution in [0, 0.1) is 0 Å². The van der Waals surface area contributed by atoms with Crippen molar-refractivity contribution >= 4 is 27.0 Å². The monoisotopic (exact) mass is 305 g/mol. The fraction of sp³-hybridized carbons (Fsp3) is 1.00. The van der Waals surface area contributed by atoms with E-state index < -0.39 is 20.6 Å². The van der Waals surface area contributed by atoms with Gasteiger partial charge in [-0.1, -0.05) is 0 Å². The van der Waals surface area contributed by atoms with Crippen LogP contribution >= 0.6 is 27.0 Å². The summed E-state index contributed by atoms with van der Waals surface area (Å²) in [5, 5.41) is 1.40. The molecule has 0 bridgehead atoms. The average Bonchev–Trinajstić information content (AvgIpc) is 2.15. The lowest BCUT2D eigenvalue weighted by atomic mass is 10.2. The van der Waals surface area contributed by atoms with E-state index in [4.69, 9.17) is 19.6 Å². The summed E-state index contributed by atoms with van der Waals surface area (Å²) in [5.74, 6) is -0.221. The third-order valence-electron chi connectivity index (χ3n) is 2.51. The molecule has 0 aliphatic carbocycles. The second-order valence-corrected chi connectivity index (χ2v) is 9.30. The van der Waals surface area contributed by atoms with Gasteiger partial charge in [-0.05, 0) is 19.4 Å². The van der Waals surface area contributed by atoms with Crippen LogP contribution in [-0.2, 0) is 9.13 Å². The van der Waals surface area contributed by atoms with Gasteiger partial charge in [0.25, 0.3) is 0 Å². The first-order chi connectivity index (χ1) is 7.71. The van der Waals surface area contributed by atoms with Crippen LogP contribution in [0.2, 0.25) is 0 Å². The van der Waals surface area contributed by atoms with Gasteiger partial charge >= 0.3 is 15.2 Å². The highest BCUT2D eigenvalue weighted by atomic mass is 32.2. The van der Waals surface area contributed by atoms with Gasteiger partial charge in [0, 0.05) is 17.5 Å². The van der Waals surface area contributed by atoms with Crippen molar-refractivity contribution < 1.29 is 28.7 Å². The number of thioether (sulfide) groups is 1. The predicted molar refractivity (Wildman–Crippen MR) is 66.2 cm³/mol. The largest absolute Gasteiger partial charge is 0.341 e. The molecule has 1 rings (SSSR count). The van der Waals surface area contributed by atoms with Crippen molar-refractivity contribution in [1.29, 1.82) is 0 Å². The van der Waals surface area contributed by atoms with E-state index in [0.29, 0.717) is 6.54 Å². The molecule has 0 aromatic heterocycles. The van der Waals surface area contributed by atoms with Crippen molar-refractivity contribution in [2.45, 2.75) is 23.5 Å². The van der Waals surface area contributed by atoms with Crippen LogP contribution in [0.1, 0.15) is 12.8 Å². The highest BCUT2D eigenvalue weighted by molar-refractivity contribution is 8.00. The molecule has 1 heterocycles. The Morgan fingerprint density at radius 2 is 1.82 bits per heavy atom. The number of hydrogen-bond acceptors (Lipinski definition) is 4. The Kier molecular flexibility index (Phi) is 5.69. The van der Waals surface area contributed by atoms with Gasteiger partial charge in [0.1, 0.15) is 0 Å². The molecule has 7 nitrogen and oxygen atoms in total. The molecule has 10 heteroatoms. The van der Waals surface area contributed by atoms with Gasteiger partial charge in [-0.25, -0.2) is 0 Å². The van der Waals surface area contributed by atoms with Gasteiger partial charge < -0.3 is 24.9 Å². The minimum Gasteiger partial charge on any atom is -0.324 e. The zero-order chi connectivity index (χ0) is 13.1. The Morgan fingerprint density at radius 3 is 2.24 bits per heavy atom. The molecule has 0 radical (unpaired) electrons. The smallest absolute Gasteiger partial charge is 0.324 e. The quantitative estimate of drug-likeness (QED) is 0.454. The first kappa shape index (κ1) is 15.7. The average molecular weight is 305 g/mol. The molecule has 102 valence electrons. The van der Waals surface area contributed by atoms with Crippen LogP contribution in [0.3, 0.4) is 0 Å². The molecule has 0 saturated carbocycles. The Balaban J connectivity index is 2.56. The SMILES string of the molecule is O=P(O)(O)C(CSC1CCCNC1)P(=O)(O)O. The maximum atomic E-state index is 11.0. The molecule has 1 unspecified atom stereocenters. The molecule has 1 fully saturated rings. The molecule has 1 aliphatic rings. The minimum atomic E-state index is -4.77. The Bertz CT molecular complexity index is 313. The number of nitrogens with one attached hydrogen (secondary N) is 1. The van der Waals surface area contributed by atoms with Gasteiger partial charge in [-0.15, -0.1) is 0 Å². The van der Waals surface area contributed by atoms with Crippen molar-refractivity contribution in [2.75, 3.05) is 18.8 Å². The molecular formula is C7H17NO6P2S. The Hall–Kier alpha value is 0.610. The van der Waals surface area contributed by atoms with Crippen LogP contribution in [0.25, 0.3) is 0 Å².